The van der Waals surface area contributed by atoms with Crippen molar-refractivity contribution in [2.24, 2.45) is 0 Å². The number of phenols is 4. The van der Waals surface area contributed by atoms with E-state index in [9.17, 15) is 49.2 Å². The molecule has 1 aliphatic heterocycles. The molecule has 1 aliphatic rings. The first-order valence-corrected chi connectivity index (χ1v) is 15.6. The third kappa shape index (κ3) is 11.6. The van der Waals surface area contributed by atoms with Gasteiger partial charge in [-0.25, -0.2) is 9.59 Å². The maximum absolute atomic E-state index is 13.1. The van der Waals surface area contributed by atoms with Crippen LogP contribution in [0.4, 0.5) is 0 Å². The van der Waals surface area contributed by atoms with Crippen LogP contribution in [0.2, 0.25) is 0 Å². The first-order valence-electron chi connectivity index (χ1n) is 15.6. The lowest BCUT2D eigenvalue weighted by molar-refractivity contribution is -0.165. The van der Waals surface area contributed by atoms with Crippen molar-refractivity contribution in [3.05, 3.63) is 46.5 Å². The second kappa shape index (κ2) is 17.2. The second-order valence-corrected chi connectivity index (χ2v) is 12.0. The second-order valence-electron chi connectivity index (χ2n) is 12.0. The average Bonchev–Trinajstić information content (AvgIpc) is 2.93. The largest absolute Gasteiger partial charge is 0.508 e. The maximum Gasteiger partial charge on any atom is 0.342 e. The summed E-state index contributed by atoms with van der Waals surface area (Å²) in [6.07, 6.45) is -7.32. The number of carbonyl (C=O) groups excluding carboxylic acids is 6. The number of ether oxygens (including phenoxy) is 6. The van der Waals surface area contributed by atoms with Gasteiger partial charge < -0.3 is 48.8 Å². The first-order chi connectivity index (χ1) is 23.4. The molecule has 1 heterocycles. The summed E-state index contributed by atoms with van der Waals surface area (Å²) >= 11 is 0. The minimum absolute atomic E-state index is 0.0426. The van der Waals surface area contributed by atoms with E-state index in [2.05, 4.69) is 0 Å². The number of fused-ring (bicyclic) bond motifs is 2. The van der Waals surface area contributed by atoms with Crippen molar-refractivity contribution in [2.45, 2.75) is 97.2 Å². The molecule has 0 bridgehead atoms. The van der Waals surface area contributed by atoms with Gasteiger partial charge in [0.05, 0.1) is 19.3 Å². The molecule has 2 aromatic rings. The van der Waals surface area contributed by atoms with E-state index in [0.717, 1.165) is 31.2 Å². The Labute approximate surface area is 286 Å². The molecule has 2 aromatic carbocycles. The lowest BCUT2D eigenvalue weighted by Crippen LogP contribution is -2.31. The van der Waals surface area contributed by atoms with E-state index < -0.39 is 115 Å². The monoisotopic (exact) mass is 704 g/mol. The van der Waals surface area contributed by atoms with Crippen molar-refractivity contribution >= 4 is 35.8 Å². The van der Waals surface area contributed by atoms with Crippen molar-refractivity contribution in [2.75, 3.05) is 6.61 Å². The molecule has 0 amide bonds. The molecule has 5 atom stereocenters. The van der Waals surface area contributed by atoms with Crippen LogP contribution in [0.25, 0.3) is 0 Å². The summed E-state index contributed by atoms with van der Waals surface area (Å²) < 4.78 is 31.8. The lowest BCUT2D eigenvalue weighted by atomic mass is 10.00. The smallest absolute Gasteiger partial charge is 0.342 e. The zero-order valence-corrected chi connectivity index (χ0v) is 28.1. The normalized spacial score (nSPS) is 23.4. The molecular weight excluding hydrogens is 664 g/mol. The Morgan fingerprint density at radius 2 is 0.980 bits per heavy atom. The van der Waals surface area contributed by atoms with Crippen LogP contribution in [0, 0.1) is 0 Å². The van der Waals surface area contributed by atoms with Gasteiger partial charge in [0.25, 0.3) is 0 Å². The number of carbonyl (C=O) groups is 6. The summed E-state index contributed by atoms with van der Waals surface area (Å²) in [4.78, 5) is 76.1. The van der Waals surface area contributed by atoms with Gasteiger partial charge in [-0.2, -0.15) is 0 Å². The van der Waals surface area contributed by atoms with Crippen LogP contribution in [0.1, 0.15) is 85.7 Å². The summed E-state index contributed by atoms with van der Waals surface area (Å²) in [5.41, 5.74) is -0.632. The lowest BCUT2D eigenvalue weighted by Gasteiger charge is -2.22. The van der Waals surface area contributed by atoms with Crippen LogP contribution in [0.5, 0.6) is 23.0 Å². The topological polar surface area (TPSA) is 239 Å². The molecular formula is C34H40O16. The molecule has 0 aromatic heterocycles. The molecule has 3 rings (SSSR count). The number of benzene rings is 2. The predicted molar refractivity (Wildman–Crippen MR) is 168 cm³/mol. The Morgan fingerprint density at radius 1 is 0.600 bits per heavy atom. The van der Waals surface area contributed by atoms with Crippen molar-refractivity contribution in [3.8, 4) is 23.0 Å². The van der Waals surface area contributed by atoms with E-state index in [1.165, 1.54) is 27.7 Å². The summed E-state index contributed by atoms with van der Waals surface area (Å²) in [6.45, 7) is 6.29. The molecule has 0 saturated heterocycles. The van der Waals surface area contributed by atoms with Gasteiger partial charge in [0.2, 0.25) is 0 Å². The zero-order valence-electron chi connectivity index (χ0n) is 28.1. The number of aromatic hydroxyl groups is 4. The standard InChI is InChI=1S/C34H40O16/c1-16-6-21-10-23(36)12-26(38)31(21)34(44)49-19(4)9-29(41)50-25(15-45-20(5)35)14-30(42)47-17(2)7-22-11-24(37)13-27(39)32(22)33(43)48-18(3)8-28(40)46-16/h10-13,16-19,25,36-39H,6-9,14-15H2,1-5H3/t16-,17-,18+,19-,25-/m1/s1. The Bertz CT molecular complexity index is 1610. The Hall–Kier alpha value is -5.54. The molecule has 4 N–H and O–H groups in total. The van der Waals surface area contributed by atoms with Crippen LogP contribution in [0.15, 0.2) is 24.3 Å². The molecule has 0 spiro atoms. The summed E-state index contributed by atoms with van der Waals surface area (Å²) in [5.74, 6) is -7.59. The molecule has 16 nitrogen and oxygen atoms in total. The predicted octanol–water partition coefficient (Wildman–Crippen LogP) is 2.91. The van der Waals surface area contributed by atoms with Crippen molar-refractivity contribution < 1.29 is 77.6 Å². The van der Waals surface area contributed by atoms with E-state index in [4.69, 9.17) is 28.4 Å². The van der Waals surface area contributed by atoms with E-state index in [1.807, 2.05) is 0 Å². The maximum atomic E-state index is 13.1. The highest BCUT2D eigenvalue weighted by Gasteiger charge is 2.29. The van der Waals surface area contributed by atoms with Gasteiger partial charge in [0, 0.05) is 31.9 Å². The number of phenolic OH excluding ortho intramolecular Hbond substituents is 4. The quantitative estimate of drug-likeness (QED) is 0.260. The highest BCUT2D eigenvalue weighted by atomic mass is 16.6. The fraction of sp³-hybridized carbons (Fsp3) is 0.471. The zero-order chi connectivity index (χ0) is 37.3. The van der Waals surface area contributed by atoms with Crippen LogP contribution in [-0.4, -0.2) is 93.4 Å². The fourth-order valence-corrected chi connectivity index (χ4v) is 5.18. The van der Waals surface area contributed by atoms with Crippen LogP contribution < -0.4 is 0 Å². The first kappa shape index (κ1) is 38.9. The van der Waals surface area contributed by atoms with Gasteiger partial charge in [-0.3, -0.25) is 19.2 Å². The minimum Gasteiger partial charge on any atom is -0.508 e. The van der Waals surface area contributed by atoms with E-state index >= 15 is 0 Å². The average molecular weight is 705 g/mol. The van der Waals surface area contributed by atoms with Gasteiger partial charge in [0.15, 0.2) is 0 Å². The van der Waals surface area contributed by atoms with Gasteiger partial charge >= 0.3 is 35.8 Å². The van der Waals surface area contributed by atoms with Crippen LogP contribution >= 0.6 is 0 Å². The third-order valence-electron chi connectivity index (χ3n) is 7.15. The third-order valence-corrected chi connectivity index (χ3v) is 7.15. The van der Waals surface area contributed by atoms with Crippen molar-refractivity contribution in [1.29, 1.82) is 0 Å². The Morgan fingerprint density at radius 3 is 1.40 bits per heavy atom. The van der Waals surface area contributed by atoms with Crippen LogP contribution in [-0.2, 0) is 60.4 Å². The molecule has 0 unspecified atom stereocenters. The van der Waals surface area contributed by atoms with Gasteiger partial charge in [-0.05, 0) is 51.0 Å². The molecule has 0 aliphatic carbocycles. The molecule has 0 radical (unpaired) electrons. The molecule has 0 fully saturated rings. The van der Waals surface area contributed by atoms with Crippen LogP contribution in [0.3, 0.4) is 0 Å². The van der Waals surface area contributed by atoms with E-state index in [-0.39, 0.29) is 35.1 Å². The molecule has 0 saturated carbocycles. The minimum atomic E-state index is -1.31. The molecule has 272 valence electrons. The number of hydrogen-bond donors (Lipinski definition) is 4. The summed E-state index contributed by atoms with van der Waals surface area (Å²) in [6, 6.07) is 4.13. The van der Waals surface area contributed by atoms with Gasteiger partial charge in [0.1, 0.15) is 71.3 Å². The Balaban J connectivity index is 1.95. The molecule has 50 heavy (non-hydrogen) atoms. The SMILES string of the molecule is CC(=O)OC[C@H]1CC(=O)O[C@H](C)Cc2cc(O)cc(O)c2C(=O)O[C@@H](C)CC(=O)O[C@H](C)Cc2cc(O)cc(O)c2C(=O)O[C@H](C)CC(=O)O1. The highest BCUT2D eigenvalue weighted by molar-refractivity contribution is 5.95. The van der Waals surface area contributed by atoms with E-state index in [0.29, 0.717) is 0 Å². The number of esters is 6. The summed E-state index contributed by atoms with van der Waals surface area (Å²) in [5, 5.41) is 41.2. The van der Waals surface area contributed by atoms with Gasteiger partial charge in [-0.1, -0.05) is 0 Å². The number of rotatable bonds is 2. The highest BCUT2D eigenvalue weighted by Crippen LogP contribution is 2.31. The Kier molecular flexibility index (Phi) is 13.4. The van der Waals surface area contributed by atoms with Gasteiger partial charge in [-0.15, -0.1) is 0 Å². The number of hydrogen-bond acceptors (Lipinski definition) is 16. The number of cyclic esters (lactones) is 5. The summed E-state index contributed by atoms with van der Waals surface area (Å²) in [7, 11) is 0. The van der Waals surface area contributed by atoms with Crippen molar-refractivity contribution in [1.82, 2.24) is 0 Å². The molecule has 16 heteroatoms. The van der Waals surface area contributed by atoms with Crippen molar-refractivity contribution in [3.63, 3.8) is 0 Å². The fourth-order valence-electron chi connectivity index (χ4n) is 5.18. The van der Waals surface area contributed by atoms with E-state index in [1.54, 1.807) is 0 Å².